The number of amides is 2. The van der Waals surface area contributed by atoms with Gasteiger partial charge in [-0.15, -0.1) is 0 Å². The van der Waals surface area contributed by atoms with E-state index < -0.39 is 10.0 Å². The van der Waals surface area contributed by atoms with Crippen LogP contribution >= 0.6 is 23.1 Å². The van der Waals surface area contributed by atoms with Gasteiger partial charge in [-0.2, -0.15) is 4.31 Å². The third-order valence-corrected chi connectivity index (χ3v) is 9.43. The van der Waals surface area contributed by atoms with E-state index in [1.165, 1.54) is 51.7 Å². The van der Waals surface area contributed by atoms with Gasteiger partial charge < -0.3 is 10.6 Å². The van der Waals surface area contributed by atoms with Gasteiger partial charge >= 0.3 is 0 Å². The molecule has 3 aromatic rings. The van der Waals surface area contributed by atoms with E-state index in [4.69, 9.17) is 0 Å². The second kappa shape index (κ2) is 11.3. The Bertz CT molecular complexity index is 1290. The van der Waals surface area contributed by atoms with Crippen LogP contribution in [0.2, 0.25) is 0 Å². The van der Waals surface area contributed by atoms with E-state index in [1.54, 1.807) is 0 Å². The van der Waals surface area contributed by atoms with E-state index in [9.17, 15) is 18.0 Å². The van der Waals surface area contributed by atoms with Crippen LogP contribution in [0.5, 0.6) is 0 Å². The molecule has 1 fully saturated rings. The zero-order chi connectivity index (χ0) is 24.8. The molecular weight excluding hydrogens is 504 g/mol. The lowest BCUT2D eigenvalue weighted by Gasteiger charge is -2.15. The van der Waals surface area contributed by atoms with E-state index in [0.717, 1.165) is 18.4 Å². The predicted octanol–water partition coefficient (Wildman–Crippen LogP) is 4.08. The lowest BCUT2D eigenvalue weighted by atomic mass is 10.1. The van der Waals surface area contributed by atoms with E-state index in [2.05, 4.69) is 15.6 Å². The number of thiazole rings is 1. The molecule has 2 aromatic carbocycles. The molecule has 0 unspecified atom stereocenters. The average Bonchev–Trinajstić information content (AvgIpc) is 3.55. The number of carbonyl (C=O) groups is 2. The molecule has 1 aromatic heterocycles. The molecule has 0 bridgehead atoms. The zero-order valence-electron chi connectivity index (χ0n) is 19.2. The summed E-state index contributed by atoms with van der Waals surface area (Å²) in [5.41, 5.74) is 1.81. The van der Waals surface area contributed by atoms with Crippen LogP contribution in [-0.2, 0) is 14.8 Å². The maximum absolute atomic E-state index is 13.0. The fourth-order valence-corrected chi connectivity index (χ4v) is 7.05. The normalized spacial score (nSPS) is 14.1. The van der Waals surface area contributed by atoms with Crippen LogP contribution in [0.1, 0.15) is 30.1 Å². The summed E-state index contributed by atoms with van der Waals surface area (Å²) < 4.78 is 27.6. The fourth-order valence-electron chi connectivity index (χ4n) is 3.65. The Kier molecular flexibility index (Phi) is 8.22. The number of nitrogens with one attached hydrogen (secondary N) is 2. The van der Waals surface area contributed by atoms with Crippen LogP contribution in [0, 0.1) is 0 Å². The molecule has 2 N–H and O–H groups in total. The second-order valence-electron chi connectivity index (χ2n) is 7.86. The summed E-state index contributed by atoms with van der Waals surface area (Å²) in [5, 5.41) is 6.24. The summed E-state index contributed by atoms with van der Waals surface area (Å²) in [7, 11) is -3.54. The van der Waals surface area contributed by atoms with Gasteiger partial charge in [0.25, 0.3) is 5.91 Å². The molecule has 0 aliphatic carbocycles. The first-order valence-electron chi connectivity index (χ1n) is 11.3. The molecule has 0 saturated carbocycles. The van der Waals surface area contributed by atoms with E-state index in [-0.39, 0.29) is 22.5 Å². The van der Waals surface area contributed by atoms with Crippen molar-refractivity contribution in [3.8, 4) is 11.3 Å². The molecule has 0 radical (unpaired) electrons. The number of thioether (sulfide) groups is 1. The van der Waals surface area contributed by atoms with Gasteiger partial charge in [0.1, 0.15) is 10.7 Å². The molecule has 1 aliphatic rings. The Morgan fingerprint density at radius 3 is 2.40 bits per heavy atom. The number of hydrogen-bond acceptors (Lipinski definition) is 7. The minimum Gasteiger partial charge on any atom is -0.356 e. The Balaban J connectivity index is 1.53. The molecule has 184 valence electrons. The van der Waals surface area contributed by atoms with Crippen molar-refractivity contribution in [3.05, 3.63) is 60.2 Å². The third kappa shape index (κ3) is 6.10. The molecular formula is C24H26N4O4S3. The minimum atomic E-state index is -3.54. The van der Waals surface area contributed by atoms with Gasteiger partial charge in [0.15, 0.2) is 4.34 Å². The summed E-state index contributed by atoms with van der Waals surface area (Å²) in [6, 6.07) is 15.5. The van der Waals surface area contributed by atoms with Gasteiger partial charge in [0.05, 0.1) is 10.6 Å². The molecule has 2 amide bonds. The molecule has 35 heavy (non-hydrogen) atoms. The van der Waals surface area contributed by atoms with Gasteiger partial charge in [0, 0.05) is 30.8 Å². The largest absolute Gasteiger partial charge is 0.356 e. The van der Waals surface area contributed by atoms with Gasteiger partial charge in [-0.3, -0.25) is 9.59 Å². The zero-order valence-corrected chi connectivity index (χ0v) is 21.6. The Labute approximate surface area is 213 Å². The highest BCUT2D eigenvalue weighted by molar-refractivity contribution is 8.01. The van der Waals surface area contributed by atoms with Crippen molar-refractivity contribution < 1.29 is 18.0 Å². The van der Waals surface area contributed by atoms with Gasteiger partial charge in [-0.25, -0.2) is 13.4 Å². The maximum atomic E-state index is 13.0. The number of hydrogen-bond donors (Lipinski definition) is 2. The second-order valence-corrected chi connectivity index (χ2v) is 12.0. The van der Waals surface area contributed by atoms with Gasteiger partial charge in [0.2, 0.25) is 15.9 Å². The van der Waals surface area contributed by atoms with E-state index >= 15 is 0 Å². The number of aromatic nitrogens is 1. The molecule has 11 heteroatoms. The molecule has 8 nitrogen and oxygen atoms in total. The highest BCUT2D eigenvalue weighted by Gasteiger charge is 2.27. The summed E-state index contributed by atoms with van der Waals surface area (Å²) >= 11 is 2.61. The van der Waals surface area contributed by atoms with Crippen LogP contribution in [0.15, 0.2) is 63.8 Å². The Morgan fingerprint density at radius 1 is 1.06 bits per heavy atom. The van der Waals surface area contributed by atoms with Crippen LogP contribution < -0.4 is 10.6 Å². The molecule has 1 aliphatic heterocycles. The molecule has 0 spiro atoms. The first-order chi connectivity index (χ1) is 16.9. The van der Waals surface area contributed by atoms with Crippen LogP contribution in [0.25, 0.3) is 11.3 Å². The van der Waals surface area contributed by atoms with Crippen molar-refractivity contribution >= 4 is 49.9 Å². The maximum Gasteiger partial charge on any atom is 0.256 e. The average molecular weight is 531 g/mol. The predicted molar refractivity (Wildman–Crippen MR) is 139 cm³/mol. The summed E-state index contributed by atoms with van der Waals surface area (Å²) in [4.78, 5) is 29.7. The summed E-state index contributed by atoms with van der Waals surface area (Å²) in [6.07, 6.45) is 1.73. The van der Waals surface area contributed by atoms with Crippen molar-refractivity contribution in [1.82, 2.24) is 14.6 Å². The standard InChI is InChI=1S/C24H26N4O4S3/c1-2-25-20(29)16-33-24-26-21(17-8-4-3-5-9-17)23(34-24)27-22(30)18-10-12-19(13-11-18)35(31,32)28-14-6-7-15-28/h3-5,8-13H,2,6-7,14-16H2,1H3,(H,25,29)(H,27,30). The van der Waals surface area contributed by atoms with E-state index in [0.29, 0.717) is 40.2 Å². The van der Waals surface area contributed by atoms with Gasteiger partial charge in [-0.05, 0) is 44.0 Å². The number of nitrogens with zero attached hydrogens (tertiary/aromatic N) is 2. The fraction of sp³-hybridized carbons (Fsp3) is 0.292. The van der Waals surface area contributed by atoms with Gasteiger partial charge in [-0.1, -0.05) is 53.4 Å². The topological polar surface area (TPSA) is 108 Å². The minimum absolute atomic E-state index is 0.0801. The lowest BCUT2D eigenvalue weighted by molar-refractivity contribution is -0.118. The van der Waals surface area contributed by atoms with Crippen molar-refractivity contribution in [2.24, 2.45) is 0 Å². The highest BCUT2D eigenvalue weighted by atomic mass is 32.2. The monoisotopic (exact) mass is 530 g/mol. The van der Waals surface area contributed by atoms with Crippen molar-refractivity contribution in [3.63, 3.8) is 0 Å². The van der Waals surface area contributed by atoms with Crippen LogP contribution in [0.4, 0.5) is 5.00 Å². The first-order valence-corrected chi connectivity index (χ1v) is 14.5. The van der Waals surface area contributed by atoms with Crippen LogP contribution in [0.3, 0.4) is 0 Å². The molecule has 0 atom stereocenters. The van der Waals surface area contributed by atoms with Crippen LogP contribution in [-0.4, -0.2) is 54.9 Å². The first kappa shape index (κ1) is 25.4. The summed E-state index contributed by atoms with van der Waals surface area (Å²) in [5.74, 6) is -0.213. The molecule has 4 rings (SSSR count). The van der Waals surface area contributed by atoms with E-state index in [1.807, 2.05) is 37.3 Å². The number of carbonyl (C=O) groups excluding carboxylic acids is 2. The lowest BCUT2D eigenvalue weighted by Crippen LogP contribution is -2.27. The number of anilines is 1. The molecule has 1 saturated heterocycles. The molecule has 2 heterocycles. The number of benzene rings is 2. The number of rotatable bonds is 9. The van der Waals surface area contributed by atoms with Crippen molar-refractivity contribution in [2.75, 3.05) is 30.7 Å². The van der Waals surface area contributed by atoms with Crippen molar-refractivity contribution in [2.45, 2.75) is 29.0 Å². The van der Waals surface area contributed by atoms with Crippen molar-refractivity contribution in [1.29, 1.82) is 0 Å². The SMILES string of the molecule is CCNC(=O)CSc1nc(-c2ccccc2)c(NC(=O)c2ccc(S(=O)(=O)N3CCCC3)cc2)s1. The smallest absolute Gasteiger partial charge is 0.256 e. The number of sulfonamides is 1. The third-order valence-electron chi connectivity index (χ3n) is 5.40. The Hall–Kier alpha value is -2.73. The summed E-state index contributed by atoms with van der Waals surface area (Å²) in [6.45, 7) is 3.48. The Morgan fingerprint density at radius 2 is 1.74 bits per heavy atom. The highest BCUT2D eigenvalue weighted by Crippen LogP contribution is 2.37. The quantitative estimate of drug-likeness (QED) is 0.404.